The summed E-state index contributed by atoms with van der Waals surface area (Å²) in [4.78, 5) is 29.7. The van der Waals surface area contributed by atoms with Gasteiger partial charge in [0.15, 0.2) is 11.5 Å². The van der Waals surface area contributed by atoms with Gasteiger partial charge in [-0.3, -0.25) is 9.59 Å². The second kappa shape index (κ2) is 8.02. The number of benzene rings is 2. The minimum Gasteiger partial charge on any atom is -0.493 e. The van der Waals surface area contributed by atoms with Gasteiger partial charge in [-0.2, -0.15) is 0 Å². The van der Waals surface area contributed by atoms with Gasteiger partial charge in [0, 0.05) is 28.7 Å². The van der Waals surface area contributed by atoms with Crippen LogP contribution in [0.15, 0.2) is 48.5 Å². The van der Waals surface area contributed by atoms with Crippen LogP contribution in [-0.4, -0.2) is 31.0 Å². The molecule has 158 valence electrons. The van der Waals surface area contributed by atoms with E-state index < -0.39 is 5.91 Å². The molecule has 0 saturated heterocycles. The van der Waals surface area contributed by atoms with Crippen molar-refractivity contribution in [2.45, 2.75) is 13.8 Å². The number of amides is 2. The number of carbonyl (C=O) groups excluding carboxylic acids is 2. The van der Waals surface area contributed by atoms with Gasteiger partial charge < -0.3 is 25.1 Å². The number of fused-ring (bicyclic) bond motifs is 1. The molecule has 3 aromatic rings. The number of aryl methyl sites for hydroxylation is 2. The molecule has 2 amide bonds. The summed E-state index contributed by atoms with van der Waals surface area (Å²) < 4.78 is 10.6. The molecule has 1 aromatic heterocycles. The molecule has 0 bridgehead atoms. The molecule has 7 heteroatoms. The van der Waals surface area contributed by atoms with E-state index in [1.165, 1.54) is 7.11 Å². The second-order valence-electron chi connectivity index (χ2n) is 7.28. The third-order valence-corrected chi connectivity index (χ3v) is 5.19. The molecule has 0 atom stereocenters. The maximum absolute atomic E-state index is 13.5. The highest BCUT2D eigenvalue weighted by molar-refractivity contribution is 6.46. The zero-order chi connectivity index (χ0) is 22.1. The Morgan fingerprint density at radius 2 is 1.71 bits per heavy atom. The predicted octanol–water partition coefficient (Wildman–Crippen LogP) is 4.15. The SMILES string of the molecule is COc1ccc(NC(=O)/C(=C2/C(=O)Nc3ccccc32)c2[nH]c(C)cc2C)cc1OC. The number of H-pyrrole nitrogens is 1. The molecule has 1 aliphatic rings. The number of rotatable bonds is 5. The molecule has 0 unspecified atom stereocenters. The first-order valence-corrected chi connectivity index (χ1v) is 9.78. The van der Waals surface area contributed by atoms with Gasteiger partial charge in [0.1, 0.15) is 0 Å². The molecule has 0 saturated carbocycles. The van der Waals surface area contributed by atoms with Gasteiger partial charge in [-0.25, -0.2) is 0 Å². The van der Waals surface area contributed by atoms with Gasteiger partial charge in [0.05, 0.1) is 31.1 Å². The number of anilines is 2. The molecule has 0 aliphatic carbocycles. The van der Waals surface area contributed by atoms with Gasteiger partial charge in [-0.1, -0.05) is 18.2 Å². The number of para-hydroxylation sites is 1. The molecule has 2 heterocycles. The normalized spacial score (nSPS) is 14.0. The maximum atomic E-state index is 13.5. The Morgan fingerprint density at radius 3 is 2.39 bits per heavy atom. The Labute approximate surface area is 180 Å². The molecule has 0 radical (unpaired) electrons. The van der Waals surface area contributed by atoms with Crippen LogP contribution in [0.3, 0.4) is 0 Å². The van der Waals surface area contributed by atoms with Gasteiger partial charge in [0.2, 0.25) is 0 Å². The summed E-state index contributed by atoms with van der Waals surface area (Å²) in [6.45, 7) is 3.82. The zero-order valence-corrected chi connectivity index (χ0v) is 17.8. The lowest BCUT2D eigenvalue weighted by molar-refractivity contribution is -0.112. The van der Waals surface area contributed by atoms with Crippen molar-refractivity contribution in [2.75, 3.05) is 24.9 Å². The van der Waals surface area contributed by atoms with Crippen molar-refractivity contribution < 1.29 is 19.1 Å². The quantitative estimate of drug-likeness (QED) is 0.544. The Kier molecular flexibility index (Phi) is 5.25. The molecule has 4 rings (SSSR count). The number of aromatic nitrogens is 1. The average molecular weight is 417 g/mol. The first-order chi connectivity index (χ1) is 14.9. The summed E-state index contributed by atoms with van der Waals surface area (Å²) in [7, 11) is 3.08. The fourth-order valence-corrected chi connectivity index (χ4v) is 3.81. The topological polar surface area (TPSA) is 92.5 Å². The molecule has 7 nitrogen and oxygen atoms in total. The molecule has 1 aliphatic heterocycles. The minimum atomic E-state index is -0.404. The van der Waals surface area contributed by atoms with Crippen molar-refractivity contribution in [3.63, 3.8) is 0 Å². The second-order valence-corrected chi connectivity index (χ2v) is 7.28. The molecule has 0 fully saturated rings. The van der Waals surface area contributed by atoms with Crippen LogP contribution in [0.25, 0.3) is 11.1 Å². The van der Waals surface area contributed by atoms with E-state index in [0.717, 1.165) is 11.3 Å². The minimum absolute atomic E-state index is 0.280. The van der Waals surface area contributed by atoms with E-state index in [2.05, 4.69) is 15.6 Å². The van der Waals surface area contributed by atoms with Gasteiger partial charge in [-0.15, -0.1) is 0 Å². The van der Waals surface area contributed by atoms with E-state index in [9.17, 15) is 9.59 Å². The van der Waals surface area contributed by atoms with Crippen molar-refractivity contribution >= 4 is 34.3 Å². The van der Waals surface area contributed by atoms with Crippen LogP contribution in [-0.2, 0) is 9.59 Å². The highest BCUT2D eigenvalue weighted by atomic mass is 16.5. The lowest BCUT2D eigenvalue weighted by atomic mass is 9.96. The summed E-state index contributed by atoms with van der Waals surface area (Å²) in [5, 5.41) is 5.75. The average Bonchev–Trinajstić information content (AvgIpc) is 3.26. The molecular formula is C24H23N3O4. The van der Waals surface area contributed by atoms with Crippen LogP contribution >= 0.6 is 0 Å². The molecule has 2 aromatic carbocycles. The molecule has 3 N–H and O–H groups in total. The van der Waals surface area contributed by atoms with E-state index in [1.807, 2.05) is 44.2 Å². The standard InChI is InChI=1S/C24H23N3O4/c1-13-11-14(2)25-22(13)21(20-16-7-5-6-8-17(16)27-23(20)28)24(29)26-15-9-10-18(30-3)19(12-15)31-4/h5-12,25H,1-4H3,(H,26,29)(H,27,28)/b21-20+. The first-order valence-electron chi connectivity index (χ1n) is 9.78. The largest absolute Gasteiger partial charge is 0.493 e. The van der Waals surface area contributed by atoms with E-state index in [-0.39, 0.29) is 11.5 Å². The van der Waals surface area contributed by atoms with Crippen molar-refractivity contribution in [1.29, 1.82) is 0 Å². The number of ether oxygens (including phenoxy) is 2. The number of hydrogen-bond acceptors (Lipinski definition) is 4. The fourth-order valence-electron chi connectivity index (χ4n) is 3.81. The van der Waals surface area contributed by atoms with Crippen LogP contribution in [0.5, 0.6) is 11.5 Å². The van der Waals surface area contributed by atoms with Gasteiger partial charge in [-0.05, 0) is 43.7 Å². The Morgan fingerprint density at radius 1 is 0.968 bits per heavy atom. The first kappa shape index (κ1) is 20.3. The van der Waals surface area contributed by atoms with Crippen LogP contribution in [0.4, 0.5) is 11.4 Å². The van der Waals surface area contributed by atoms with Crippen molar-refractivity contribution in [2.24, 2.45) is 0 Å². The lowest BCUT2D eigenvalue weighted by Gasteiger charge is -2.14. The zero-order valence-electron chi connectivity index (χ0n) is 17.8. The summed E-state index contributed by atoms with van der Waals surface area (Å²) in [6.07, 6.45) is 0. The summed E-state index contributed by atoms with van der Waals surface area (Å²) in [5.41, 5.74) is 4.89. The fraction of sp³-hybridized carbons (Fsp3) is 0.167. The number of aromatic amines is 1. The third kappa shape index (κ3) is 3.66. The van der Waals surface area contributed by atoms with Crippen LogP contribution in [0.2, 0.25) is 0 Å². The highest BCUT2D eigenvalue weighted by Gasteiger charge is 2.32. The Hall–Kier alpha value is -4.00. The monoisotopic (exact) mass is 417 g/mol. The van der Waals surface area contributed by atoms with Crippen LogP contribution < -0.4 is 20.1 Å². The summed E-state index contributed by atoms with van der Waals surface area (Å²) in [6, 6.07) is 14.4. The molecule has 0 spiro atoms. The number of nitrogens with one attached hydrogen (secondary N) is 3. The molecular weight excluding hydrogens is 394 g/mol. The smallest absolute Gasteiger partial charge is 0.258 e. The maximum Gasteiger partial charge on any atom is 0.258 e. The molecule has 31 heavy (non-hydrogen) atoms. The van der Waals surface area contributed by atoms with E-state index in [4.69, 9.17) is 9.47 Å². The van der Waals surface area contributed by atoms with Gasteiger partial charge in [0.25, 0.3) is 11.8 Å². The van der Waals surface area contributed by atoms with E-state index in [0.29, 0.717) is 39.7 Å². The Bertz CT molecular complexity index is 1220. The number of methoxy groups -OCH3 is 2. The van der Waals surface area contributed by atoms with Crippen LogP contribution in [0, 0.1) is 13.8 Å². The summed E-state index contributed by atoms with van der Waals surface area (Å²) in [5.74, 6) is 0.328. The predicted molar refractivity (Wildman–Crippen MR) is 120 cm³/mol. The van der Waals surface area contributed by atoms with Crippen molar-refractivity contribution in [3.05, 3.63) is 71.0 Å². The highest BCUT2D eigenvalue weighted by Crippen LogP contribution is 2.38. The summed E-state index contributed by atoms with van der Waals surface area (Å²) >= 11 is 0. The van der Waals surface area contributed by atoms with Crippen molar-refractivity contribution in [3.8, 4) is 11.5 Å². The van der Waals surface area contributed by atoms with Crippen LogP contribution in [0.1, 0.15) is 22.5 Å². The lowest BCUT2D eigenvalue weighted by Crippen LogP contribution is -2.18. The Balaban J connectivity index is 1.84. The van der Waals surface area contributed by atoms with E-state index >= 15 is 0 Å². The number of carbonyl (C=O) groups is 2. The third-order valence-electron chi connectivity index (χ3n) is 5.19. The van der Waals surface area contributed by atoms with E-state index in [1.54, 1.807) is 25.3 Å². The van der Waals surface area contributed by atoms with Gasteiger partial charge >= 0.3 is 0 Å². The number of hydrogen-bond donors (Lipinski definition) is 3. The van der Waals surface area contributed by atoms with Crippen molar-refractivity contribution in [1.82, 2.24) is 4.98 Å².